The number of hydrogen-bond donors (Lipinski definition) is 0. The molecule has 3 rings (SSSR count). The lowest BCUT2D eigenvalue weighted by Gasteiger charge is -1.99. The predicted octanol–water partition coefficient (Wildman–Crippen LogP) is 1.62. The van der Waals surface area contributed by atoms with Crippen LogP contribution in [-0.4, -0.2) is 11.6 Å². The number of ketones is 2. The molecule has 0 atom stereocenters. The van der Waals surface area contributed by atoms with Crippen molar-refractivity contribution in [1.82, 2.24) is 0 Å². The highest BCUT2D eigenvalue weighted by Crippen LogP contribution is 2.23. The molecule has 1 aromatic rings. The Morgan fingerprint density at radius 2 is 1.12 bits per heavy atom. The van der Waals surface area contributed by atoms with Gasteiger partial charge in [-0.15, -0.1) is 22.7 Å². The van der Waals surface area contributed by atoms with Crippen molar-refractivity contribution in [3.63, 3.8) is 0 Å². The first-order valence-electron chi connectivity index (χ1n) is 5.64. The minimum atomic E-state index is 0.316. The van der Waals surface area contributed by atoms with Crippen LogP contribution in [0.2, 0.25) is 0 Å². The number of carbonyl (C=O) groups excluding carboxylic acids is 2. The largest absolute Gasteiger partial charge is 0.294 e. The van der Waals surface area contributed by atoms with Crippen molar-refractivity contribution in [3.8, 4) is 0 Å². The van der Waals surface area contributed by atoms with E-state index in [1.54, 1.807) is 22.7 Å². The summed E-state index contributed by atoms with van der Waals surface area (Å²) in [5.41, 5.74) is 2.04. The molecule has 1 aromatic heterocycles. The number of carbonyl (C=O) groups is 2. The van der Waals surface area contributed by atoms with E-state index in [9.17, 15) is 9.59 Å². The fourth-order valence-corrected chi connectivity index (χ4v) is 4.74. The van der Waals surface area contributed by atoms with E-state index in [-0.39, 0.29) is 0 Å². The molecule has 1 heterocycles. The first-order chi connectivity index (χ1) is 7.75. The van der Waals surface area contributed by atoms with E-state index in [0.29, 0.717) is 24.4 Å². The summed E-state index contributed by atoms with van der Waals surface area (Å²) in [4.78, 5) is 23.1. The van der Waals surface area contributed by atoms with Gasteiger partial charge < -0.3 is 0 Å². The highest BCUT2D eigenvalue weighted by atomic mass is 32.2. The van der Waals surface area contributed by atoms with Crippen LogP contribution in [0.3, 0.4) is 0 Å². The molecule has 0 N–H and O–H groups in total. The molecule has 0 aromatic carbocycles. The summed E-state index contributed by atoms with van der Waals surface area (Å²) in [6.07, 6.45) is 5.30. The maximum atomic E-state index is 11.5. The Kier molecular flexibility index (Phi) is 2.56. The van der Waals surface area contributed by atoms with E-state index in [4.69, 9.17) is 0 Å². The summed E-state index contributed by atoms with van der Waals surface area (Å²) in [7, 11) is 0. The van der Waals surface area contributed by atoms with Crippen molar-refractivity contribution >= 4 is 45.4 Å². The number of Topliss-reactive ketones (excluding diaryl/α,β-unsaturated/α-hetero) is 2. The molecular weight excluding hydrogens is 240 g/mol. The number of rotatable bonds is 0. The zero-order valence-corrected chi connectivity index (χ0v) is 10.5. The van der Waals surface area contributed by atoms with Crippen LogP contribution in [0, 0.1) is 0 Å². The van der Waals surface area contributed by atoms with Crippen LogP contribution in [0.15, 0.2) is 0 Å². The Morgan fingerprint density at radius 3 is 1.44 bits per heavy atom. The molecule has 0 spiro atoms. The first-order valence-corrected chi connectivity index (χ1v) is 7.27. The standard InChI is InChI=1S/C12H12O2S2/c13-9-5-1-3-7(9)11-15-12(16-11)8-4-2-6-10(8)14/h1-6H2. The second-order valence-corrected chi connectivity index (χ2v) is 6.85. The van der Waals surface area contributed by atoms with E-state index < -0.39 is 0 Å². The normalized spacial score (nSPS) is 21.5. The molecule has 0 unspecified atom stereocenters. The molecule has 2 saturated carbocycles. The van der Waals surface area contributed by atoms with E-state index in [2.05, 4.69) is 0 Å². The Balaban J connectivity index is 2.05. The van der Waals surface area contributed by atoms with Crippen LogP contribution in [0.5, 0.6) is 0 Å². The average molecular weight is 252 g/mol. The molecule has 4 heteroatoms. The fraction of sp³-hybridized carbons (Fsp3) is 0.500. The minimum Gasteiger partial charge on any atom is -0.294 e. The second kappa shape index (κ2) is 3.93. The molecule has 84 valence electrons. The molecular formula is C12H12O2S2. The zero-order chi connectivity index (χ0) is 11.1. The molecule has 2 fully saturated rings. The van der Waals surface area contributed by atoms with E-state index >= 15 is 0 Å². The summed E-state index contributed by atoms with van der Waals surface area (Å²) in [5.74, 6) is 0.633. The summed E-state index contributed by atoms with van der Waals surface area (Å²) in [6.45, 7) is 0. The van der Waals surface area contributed by atoms with Crippen LogP contribution in [-0.2, 0) is 9.59 Å². The Bertz CT molecular complexity index is 508. The van der Waals surface area contributed by atoms with Crippen LogP contribution in [0.25, 0.3) is 11.1 Å². The van der Waals surface area contributed by atoms with Crippen LogP contribution in [0.1, 0.15) is 38.5 Å². The molecule has 2 aliphatic rings. The van der Waals surface area contributed by atoms with Gasteiger partial charge in [0.2, 0.25) is 0 Å². The fourth-order valence-electron chi connectivity index (χ4n) is 2.29. The highest BCUT2D eigenvalue weighted by Gasteiger charge is 2.22. The number of hydrogen-bond acceptors (Lipinski definition) is 4. The van der Waals surface area contributed by atoms with Gasteiger partial charge in [0, 0.05) is 24.0 Å². The van der Waals surface area contributed by atoms with Gasteiger partial charge in [0.15, 0.2) is 11.6 Å². The van der Waals surface area contributed by atoms with Gasteiger partial charge in [-0.1, -0.05) is 0 Å². The molecule has 0 bridgehead atoms. The third-order valence-corrected chi connectivity index (χ3v) is 5.93. The third kappa shape index (κ3) is 1.60. The summed E-state index contributed by atoms with van der Waals surface area (Å²) >= 11 is 3.31. The maximum absolute atomic E-state index is 11.5. The third-order valence-electron chi connectivity index (χ3n) is 3.20. The van der Waals surface area contributed by atoms with E-state index in [1.165, 1.54) is 0 Å². The maximum Gasteiger partial charge on any atom is 0.161 e. The first kappa shape index (κ1) is 10.4. The van der Waals surface area contributed by atoms with Crippen molar-refractivity contribution in [1.29, 1.82) is 0 Å². The zero-order valence-electron chi connectivity index (χ0n) is 8.88. The van der Waals surface area contributed by atoms with Gasteiger partial charge >= 0.3 is 0 Å². The predicted molar refractivity (Wildman–Crippen MR) is 66.0 cm³/mol. The van der Waals surface area contributed by atoms with Gasteiger partial charge in [-0.2, -0.15) is 0 Å². The lowest BCUT2D eigenvalue weighted by atomic mass is 10.2. The van der Waals surface area contributed by atoms with Crippen molar-refractivity contribution in [2.75, 3.05) is 0 Å². The smallest absolute Gasteiger partial charge is 0.161 e. The van der Waals surface area contributed by atoms with E-state index in [0.717, 1.165) is 44.5 Å². The Labute approximate surface area is 101 Å². The summed E-state index contributed by atoms with van der Waals surface area (Å²) in [6, 6.07) is 0. The van der Waals surface area contributed by atoms with Gasteiger partial charge in [0.25, 0.3) is 0 Å². The second-order valence-electron chi connectivity index (χ2n) is 4.29. The lowest BCUT2D eigenvalue weighted by Crippen LogP contribution is -2.18. The van der Waals surface area contributed by atoms with Crippen LogP contribution in [0.4, 0.5) is 0 Å². The van der Waals surface area contributed by atoms with Gasteiger partial charge in [-0.05, 0) is 25.7 Å². The Hall–Kier alpha value is -0.740. The van der Waals surface area contributed by atoms with Crippen LogP contribution < -0.4 is 7.69 Å². The monoisotopic (exact) mass is 252 g/mol. The molecule has 0 aliphatic heterocycles. The van der Waals surface area contributed by atoms with Gasteiger partial charge in [0.05, 0.1) is 7.69 Å². The van der Waals surface area contributed by atoms with Crippen molar-refractivity contribution in [2.45, 2.75) is 38.5 Å². The molecule has 0 saturated heterocycles. The van der Waals surface area contributed by atoms with Gasteiger partial charge in [-0.25, -0.2) is 0 Å². The van der Waals surface area contributed by atoms with Crippen LogP contribution >= 0.6 is 22.7 Å². The highest BCUT2D eigenvalue weighted by molar-refractivity contribution is 7.36. The van der Waals surface area contributed by atoms with Crippen molar-refractivity contribution < 1.29 is 9.59 Å². The summed E-state index contributed by atoms with van der Waals surface area (Å²) < 4.78 is 2.31. The minimum absolute atomic E-state index is 0.316. The lowest BCUT2D eigenvalue weighted by molar-refractivity contribution is -0.113. The summed E-state index contributed by atoms with van der Waals surface area (Å²) in [5, 5.41) is 0. The average Bonchev–Trinajstić information content (AvgIpc) is 2.76. The molecule has 2 nitrogen and oxygen atoms in total. The van der Waals surface area contributed by atoms with Gasteiger partial charge in [-0.3, -0.25) is 9.59 Å². The quantitative estimate of drug-likeness (QED) is 0.703. The van der Waals surface area contributed by atoms with Crippen molar-refractivity contribution in [2.24, 2.45) is 0 Å². The van der Waals surface area contributed by atoms with Crippen molar-refractivity contribution in [3.05, 3.63) is 7.69 Å². The SMILES string of the molecule is O=C1CCCC1=c1sc(=C2CCCC2=O)s1. The molecule has 2 aliphatic carbocycles. The van der Waals surface area contributed by atoms with E-state index in [1.807, 2.05) is 0 Å². The molecule has 16 heavy (non-hydrogen) atoms. The molecule has 0 amide bonds. The molecule has 0 radical (unpaired) electrons. The van der Waals surface area contributed by atoms with Gasteiger partial charge in [0.1, 0.15) is 0 Å². The Morgan fingerprint density at radius 1 is 0.688 bits per heavy atom. The topological polar surface area (TPSA) is 34.1 Å².